The van der Waals surface area contributed by atoms with Gasteiger partial charge in [-0.25, -0.2) is 0 Å². The second kappa shape index (κ2) is 5.19. The molecule has 3 unspecified atom stereocenters. The summed E-state index contributed by atoms with van der Waals surface area (Å²) in [4.78, 5) is 0. The predicted molar refractivity (Wildman–Crippen MR) is 85.4 cm³/mol. The van der Waals surface area contributed by atoms with Crippen molar-refractivity contribution in [3.05, 3.63) is 65.2 Å². The number of rotatable bonds is 2. The summed E-state index contributed by atoms with van der Waals surface area (Å²) in [6.45, 7) is 3.08. The van der Waals surface area contributed by atoms with Gasteiger partial charge in [-0.1, -0.05) is 49.4 Å². The van der Waals surface area contributed by atoms with Crippen molar-refractivity contribution in [2.24, 2.45) is 5.92 Å². The molecule has 4 rings (SSSR count). The Kier molecular flexibility index (Phi) is 3.19. The van der Waals surface area contributed by atoms with Crippen molar-refractivity contribution in [3.8, 4) is 0 Å². The SMILES string of the molecule is CCc1ccc2c(c1)C1OCCC1C(c1ccccc1)N2. The van der Waals surface area contributed by atoms with Crippen LogP contribution in [0, 0.1) is 5.92 Å². The molecule has 0 bridgehead atoms. The van der Waals surface area contributed by atoms with E-state index in [1.54, 1.807) is 0 Å². The van der Waals surface area contributed by atoms with Gasteiger partial charge in [-0.3, -0.25) is 0 Å². The average Bonchev–Trinajstić information content (AvgIpc) is 3.04. The van der Waals surface area contributed by atoms with Crippen LogP contribution in [0.4, 0.5) is 5.69 Å². The van der Waals surface area contributed by atoms with E-state index in [-0.39, 0.29) is 6.10 Å². The van der Waals surface area contributed by atoms with Crippen LogP contribution in [0.1, 0.15) is 42.2 Å². The Morgan fingerprint density at radius 3 is 2.81 bits per heavy atom. The fraction of sp³-hybridized carbons (Fsp3) is 0.368. The van der Waals surface area contributed by atoms with Gasteiger partial charge >= 0.3 is 0 Å². The van der Waals surface area contributed by atoms with Crippen LogP contribution in [0.5, 0.6) is 0 Å². The lowest BCUT2D eigenvalue weighted by molar-refractivity contribution is 0.0829. The molecule has 0 amide bonds. The molecule has 108 valence electrons. The fourth-order valence-electron chi connectivity index (χ4n) is 3.73. The number of fused-ring (bicyclic) bond motifs is 3. The summed E-state index contributed by atoms with van der Waals surface area (Å²) in [7, 11) is 0. The Morgan fingerprint density at radius 1 is 1.14 bits per heavy atom. The van der Waals surface area contributed by atoms with Crippen LogP contribution in [-0.4, -0.2) is 6.61 Å². The molecule has 0 aliphatic carbocycles. The van der Waals surface area contributed by atoms with Gasteiger partial charge in [0.2, 0.25) is 0 Å². The predicted octanol–water partition coefficient (Wildman–Crippen LogP) is 4.49. The molecule has 2 aliphatic rings. The average molecular weight is 279 g/mol. The summed E-state index contributed by atoms with van der Waals surface area (Å²) in [6.07, 6.45) is 2.46. The number of ether oxygens (including phenoxy) is 1. The first-order chi connectivity index (χ1) is 10.4. The van der Waals surface area contributed by atoms with Crippen LogP contribution in [0.15, 0.2) is 48.5 Å². The smallest absolute Gasteiger partial charge is 0.0896 e. The standard InChI is InChI=1S/C19H21NO/c1-2-13-8-9-17-16(12-13)19-15(10-11-21-19)18(20-17)14-6-4-3-5-7-14/h3-9,12,15,18-20H,2,10-11H2,1H3. The molecule has 2 heterocycles. The zero-order chi connectivity index (χ0) is 14.2. The number of nitrogens with one attached hydrogen (secondary N) is 1. The minimum atomic E-state index is 0.248. The number of aryl methyl sites for hydroxylation is 1. The Labute approximate surface area is 126 Å². The van der Waals surface area contributed by atoms with Gasteiger partial charge in [-0.2, -0.15) is 0 Å². The van der Waals surface area contributed by atoms with E-state index in [0.717, 1.165) is 19.4 Å². The second-order valence-electron chi connectivity index (χ2n) is 6.05. The molecule has 21 heavy (non-hydrogen) atoms. The molecule has 0 saturated carbocycles. The van der Waals surface area contributed by atoms with E-state index in [0.29, 0.717) is 12.0 Å². The van der Waals surface area contributed by atoms with Crippen LogP contribution >= 0.6 is 0 Å². The summed E-state index contributed by atoms with van der Waals surface area (Å²) in [6, 6.07) is 17.9. The van der Waals surface area contributed by atoms with Crippen LogP contribution in [0.3, 0.4) is 0 Å². The Balaban J connectivity index is 1.77. The third-order valence-corrected chi connectivity index (χ3v) is 4.87. The molecule has 1 saturated heterocycles. The van der Waals surface area contributed by atoms with E-state index >= 15 is 0 Å². The molecular weight excluding hydrogens is 258 g/mol. The number of anilines is 1. The monoisotopic (exact) mass is 279 g/mol. The molecule has 1 fully saturated rings. The summed E-state index contributed by atoms with van der Waals surface area (Å²) in [5, 5.41) is 3.76. The second-order valence-corrected chi connectivity index (χ2v) is 6.05. The normalized spacial score (nSPS) is 26.8. The van der Waals surface area contributed by atoms with Crippen molar-refractivity contribution in [3.63, 3.8) is 0 Å². The number of hydrogen-bond donors (Lipinski definition) is 1. The van der Waals surface area contributed by atoms with E-state index in [1.807, 2.05) is 0 Å². The molecule has 2 nitrogen and oxygen atoms in total. The minimum Gasteiger partial charge on any atom is -0.378 e. The molecule has 2 aromatic carbocycles. The Bertz CT molecular complexity index is 637. The van der Waals surface area contributed by atoms with Gasteiger partial charge in [0.15, 0.2) is 0 Å². The van der Waals surface area contributed by atoms with Gasteiger partial charge < -0.3 is 10.1 Å². The molecule has 2 aliphatic heterocycles. The Hall–Kier alpha value is -1.80. The van der Waals surface area contributed by atoms with Gasteiger partial charge in [-0.05, 0) is 30.0 Å². The van der Waals surface area contributed by atoms with Crippen molar-refractivity contribution in [1.29, 1.82) is 0 Å². The van der Waals surface area contributed by atoms with Gasteiger partial charge in [0.1, 0.15) is 0 Å². The highest BCUT2D eigenvalue weighted by Crippen LogP contribution is 2.49. The summed E-state index contributed by atoms with van der Waals surface area (Å²) in [5.41, 5.74) is 5.35. The maximum atomic E-state index is 6.09. The summed E-state index contributed by atoms with van der Waals surface area (Å²) in [5.74, 6) is 0.534. The van der Waals surface area contributed by atoms with Crippen LogP contribution in [-0.2, 0) is 11.2 Å². The van der Waals surface area contributed by atoms with Crippen molar-refractivity contribution >= 4 is 5.69 Å². The highest BCUT2D eigenvalue weighted by Gasteiger charge is 2.41. The molecule has 0 radical (unpaired) electrons. The molecule has 0 aromatic heterocycles. The van der Waals surface area contributed by atoms with E-state index in [4.69, 9.17) is 4.74 Å². The maximum Gasteiger partial charge on any atom is 0.0896 e. The first-order valence-corrected chi connectivity index (χ1v) is 7.92. The lowest BCUT2D eigenvalue weighted by Crippen LogP contribution is -2.29. The van der Waals surface area contributed by atoms with Crippen molar-refractivity contribution in [2.45, 2.75) is 31.9 Å². The van der Waals surface area contributed by atoms with E-state index in [1.165, 1.54) is 22.4 Å². The van der Waals surface area contributed by atoms with Gasteiger partial charge in [-0.15, -0.1) is 0 Å². The highest BCUT2D eigenvalue weighted by atomic mass is 16.5. The molecule has 2 heteroatoms. The third-order valence-electron chi connectivity index (χ3n) is 4.87. The van der Waals surface area contributed by atoms with Gasteiger partial charge in [0, 0.05) is 23.8 Å². The van der Waals surface area contributed by atoms with E-state index < -0.39 is 0 Å². The number of hydrogen-bond acceptors (Lipinski definition) is 2. The molecule has 0 spiro atoms. The molecular formula is C19H21NO. The third kappa shape index (κ3) is 2.14. The molecule has 1 N–H and O–H groups in total. The largest absolute Gasteiger partial charge is 0.378 e. The zero-order valence-corrected chi connectivity index (χ0v) is 12.4. The maximum absolute atomic E-state index is 6.09. The van der Waals surface area contributed by atoms with Crippen molar-refractivity contribution in [1.82, 2.24) is 0 Å². The molecule has 3 atom stereocenters. The topological polar surface area (TPSA) is 21.3 Å². The van der Waals surface area contributed by atoms with Crippen LogP contribution < -0.4 is 5.32 Å². The first-order valence-electron chi connectivity index (χ1n) is 7.92. The lowest BCUT2D eigenvalue weighted by atomic mass is 9.80. The van der Waals surface area contributed by atoms with E-state index in [2.05, 4.69) is 60.8 Å². The minimum absolute atomic E-state index is 0.248. The first kappa shape index (κ1) is 12.9. The fourth-order valence-corrected chi connectivity index (χ4v) is 3.73. The van der Waals surface area contributed by atoms with Crippen molar-refractivity contribution in [2.75, 3.05) is 11.9 Å². The Morgan fingerprint density at radius 2 is 2.00 bits per heavy atom. The van der Waals surface area contributed by atoms with Gasteiger partial charge in [0.25, 0.3) is 0 Å². The highest BCUT2D eigenvalue weighted by molar-refractivity contribution is 5.58. The lowest BCUT2D eigenvalue weighted by Gasteiger charge is -2.36. The van der Waals surface area contributed by atoms with Crippen molar-refractivity contribution < 1.29 is 4.74 Å². The summed E-state index contributed by atoms with van der Waals surface area (Å²) < 4.78 is 6.09. The van der Waals surface area contributed by atoms with E-state index in [9.17, 15) is 0 Å². The van der Waals surface area contributed by atoms with Crippen LogP contribution in [0.25, 0.3) is 0 Å². The van der Waals surface area contributed by atoms with Crippen LogP contribution in [0.2, 0.25) is 0 Å². The quantitative estimate of drug-likeness (QED) is 0.874. The molecule has 2 aromatic rings. The van der Waals surface area contributed by atoms with Gasteiger partial charge in [0.05, 0.1) is 12.1 Å². The zero-order valence-electron chi connectivity index (χ0n) is 12.4. The number of benzene rings is 2. The summed E-state index contributed by atoms with van der Waals surface area (Å²) >= 11 is 0.